The van der Waals surface area contributed by atoms with Crippen LogP contribution in [-0.4, -0.2) is 21.3 Å². The number of anilines is 1. The number of amides is 2. The van der Waals surface area contributed by atoms with Crippen LogP contribution < -0.4 is 10.6 Å². The second-order valence-electron chi connectivity index (χ2n) is 5.85. The van der Waals surface area contributed by atoms with Gasteiger partial charge in [-0.15, -0.1) is 0 Å². The van der Waals surface area contributed by atoms with Crippen molar-refractivity contribution in [3.8, 4) is 0 Å². The van der Waals surface area contributed by atoms with Crippen LogP contribution in [0.1, 0.15) is 22.3 Å². The van der Waals surface area contributed by atoms with Gasteiger partial charge < -0.3 is 15.7 Å². The van der Waals surface area contributed by atoms with E-state index in [9.17, 15) is 9.90 Å². The number of aromatic nitrogens is 2. The number of fused-ring (bicyclic) bond motifs is 1. The predicted molar refractivity (Wildman–Crippen MR) is 93.8 cm³/mol. The number of carbonyl (C=O) groups excluding carboxylic acids is 1. The number of aliphatic hydroxyl groups is 1. The van der Waals surface area contributed by atoms with Gasteiger partial charge in [-0.05, 0) is 54.3 Å². The van der Waals surface area contributed by atoms with Crippen LogP contribution in [0.5, 0.6) is 0 Å². The summed E-state index contributed by atoms with van der Waals surface area (Å²) < 4.78 is 0. The number of H-pyrrole nitrogens is 1. The molecule has 0 aliphatic rings. The van der Waals surface area contributed by atoms with Crippen molar-refractivity contribution in [2.45, 2.75) is 27.0 Å². The molecule has 2 amide bonds. The summed E-state index contributed by atoms with van der Waals surface area (Å²) in [4.78, 5) is 12.1. The van der Waals surface area contributed by atoms with Crippen molar-refractivity contribution < 1.29 is 9.90 Å². The lowest BCUT2D eigenvalue weighted by Gasteiger charge is -2.13. The van der Waals surface area contributed by atoms with Gasteiger partial charge in [-0.3, -0.25) is 5.10 Å². The van der Waals surface area contributed by atoms with E-state index in [-0.39, 0.29) is 12.6 Å². The normalized spacial score (nSPS) is 10.8. The fourth-order valence-electron chi connectivity index (χ4n) is 2.82. The number of hydrogen-bond acceptors (Lipinski definition) is 3. The van der Waals surface area contributed by atoms with Crippen LogP contribution >= 0.6 is 0 Å². The summed E-state index contributed by atoms with van der Waals surface area (Å²) in [6.07, 6.45) is 1.72. The first kappa shape index (κ1) is 16.0. The number of rotatable bonds is 4. The summed E-state index contributed by atoms with van der Waals surface area (Å²) in [5, 5.41) is 22.7. The molecule has 0 saturated heterocycles. The number of benzene rings is 2. The second-order valence-corrected chi connectivity index (χ2v) is 5.85. The highest BCUT2D eigenvalue weighted by molar-refractivity contribution is 5.92. The number of aliphatic hydroxyl groups excluding tert-OH is 1. The quantitative estimate of drug-likeness (QED) is 0.595. The van der Waals surface area contributed by atoms with Crippen molar-refractivity contribution in [1.29, 1.82) is 0 Å². The lowest BCUT2D eigenvalue weighted by molar-refractivity contribution is 0.251. The highest BCUT2D eigenvalue weighted by atomic mass is 16.3. The van der Waals surface area contributed by atoms with E-state index in [2.05, 4.69) is 20.8 Å². The highest BCUT2D eigenvalue weighted by Gasteiger charge is 2.08. The first-order valence-corrected chi connectivity index (χ1v) is 7.74. The molecule has 24 heavy (non-hydrogen) atoms. The highest BCUT2D eigenvalue weighted by Crippen LogP contribution is 2.18. The molecule has 0 saturated carbocycles. The number of carbonyl (C=O) groups is 1. The van der Waals surface area contributed by atoms with E-state index in [1.165, 1.54) is 0 Å². The summed E-state index contributed by atoms with van der Waals surface area (Å²) >= 11 is 0. The van der Waals surface area contributed by atoms with E-state index in [1.807, 2.05) is 44.2 Å². The Kier molecular flexibility index (Phi) is 4.48. The van der Waals surface area contributed by atoms with Crippen LogP contribution in [0.25, 0.3) is 10.9 Å². The van der Waals surface area contributed by atoms with E-state index < -0.39 is 0 Å². The third-order valence-corrected chi connectivity index (χ3v) is 4.06. The Bertz CT molecular complexity index is 863. The molecule has 3 rings (SSSR count). The summed E-state index contributed by atoms with van der Waals surface area (Å²) in [6.45, 7) is 4.41. The van der Waals surface area contributed by atoms with Crippen molar-refractivity contribution in [3.05, 3.63) is 58.8 Å². The van der Waals surface area contributed by atoms with Crippen molar-refractivity contribution in [2.75, 3.05) is 5.32 Å². The van der Waals surface area contributed by atoms with Crippen molar-refractivity contribution >= 4 is 22.6 Å². The van der Waals surface area contributed by atoms with Gasteiger partial charge in [-0.25, -0.2) is 4.79 Å². The molecule has 1 heterocycles. The Morgan fingerprint density at radius 2 is 1.96 bits per heavy atom. The zero-order valence-corrected chi connectivity index (χ0v) is 13.7. The fraction of sp³-hybridized carbons (Fsp3) is 0.222. The Morgan fingerprint density at radius 3 is 2.67 bits per heavy atom. The van der Waals surface area contributed by atoms with Gasteiger partial charge in [0.25, 0.3) is 0 Å². The van der Waals surface area contributed by atoms with Gasteiger partial charge >= 0.3 is 6.03 Å². The lowest BCUT2D eigenvalue weighted by Crippen LogP contribution is -2.28. The summed E-state index contributed by atoms with van der Waals surface area (Å²) in [5.41, 5.74) is 5.69. The maximum absolute atomic E-state index is 12.1. The van der Waals surface area contributed by atoms with Gasteiger partial charge in [0.05, 0.1) is 18.3 Å². The molecule has 1 aromatic heterocycles. The number of hydrogen-bond donors (Lipinski definition) is 4. The third-order valence-electron chi connectivity index (χ3n) is 4.06. The van der Waals surface area contributed by atoms with E-state index in [4.69, 9.17) is 0 Å². The maximum Gasteiger partial charge on any atom is 0.319 e. The van der Waals surface area contributed by atoms with Crippen molar-refractivity contribution in [1.82, 2.24) is 15.5 Å². The molecule has 0 unspecified atom stereocenters. The third kappa shape index (κ3) is 3.38. The summed E-state index contributed by atoms with van der Waals surface area (Å²) in [6, 6.07) is 9.18. The molecular weight excluding hydrogens is 304 g/mol. The van der Waals surface area contributed by atoms with E-state index in [0.29, 0.717) is 12.2 Å². The molecule has 124 valence electrons. The molecule has 0 bridgehead atoms. The maximum atomic E-state index is 12.1. The molecule has 0 spiro atoms. The zero-order valence-electron chi connectivity index (χ0n) is 13.7. The molecular formula is C18H20N4O2. The molecule has 0 aliphatic heterocycles. The van der Waals surface area contributed by atoms with Gasteiger partial charge in [0.2, 0.25) is 0 Å². The van der Waals surface area contributed by atoms with Crippen LogP contribution in [0, 0.1) is 13.8 Å². The van der Waals surface area contributed by atoms with Gasteiger partial charge in [0.15, 0.2) is 0 Å². The van der Waals surface area contributed by atoms with Gasteiger partial charge in [-0.1, -0.05) is 12.1 Å². The topological polar surface area (TPSA) is 90.0 Å². The minimum Gasteiger partial charge on any atom is -0.392 e. The number of aromatic amines is 1. The van der Waals surface area contributed by atoms with Gasteiger partial charge in [0.1, 0.15) is 0 Å². The second kappa shape index (κ2) is 6.72. The molecule has 2 aromatic carbocycles. The fourth-order valence-corrected chi connectivity index (χ4v) is 2.82. The van der Waals surface area contributed by atoms with Gasteiger partial charge in [-0.2, -0.15) is 5.10 Å². The van der Waals surface area contributed by atoms with Crippen LogP contribution in [0.4, 0.5) is 10.5 Å². The standard InChI is InChI=1S/C18H20N4O2/c1-11-5-13(10-23)6-12(2)16(11)9-19-18(24)21-15-3-4-17-14(7-15)8-20-22-17/h3-8,23H,9-10H2,1-2H3,(H,20,22)(H2,19,21,24). The summed E-state index contributed by atoms with van der Waals surface area (Å²) in [5.74, 6) is 0. The lowest BCUT2D eigenvalue weighted by atomic mass is 9.99. The first-order valence-electron chi connectivity index (χ1n) is 7.74. The minimum atomic E-state index is -0.261. The Hall–Kier alpha value is -2.86. The smallest absolute Gasteiger partial charge is 0.319 e. The Morgan fingerprint density at radius 1 is 1.21 bits per heavy atom. The monoisotopic (exact) mass is 324 g/mol. The van der Waals surface area contributed by atoms with Crippen molar-refractivity contribution in [2.24, 2.45) is 0 Å². The first-order chi connectivity index (χ1) is 11.6. The van der Waals surface area contributed by atoms with Crippen LogP contribution in [-0.2, 0) is 13.2 Å². The van der Waals surface area contributed by atoms with Crippen LogP contribution in [0.15, 0.2) is 36.5 Å². The van der Waals surface area contributed by atoms with E-state index in [0.717, 1.165) is 33.2 Å². The Balaban J connectivity index is 1.65. The predicted octanol–water partition coefficient (Wildman–Crippen LogP) is 2.99. The molecule has 4 N–H and O–H groups in total. The molecule has 6 heteroatoms. The molecule has 0 fully saturated rings. The largest absolute Gasteiger partial charge is 0.392 e. The van der Waals surface area contributed by atoms with E-state index in [1.54, 1.807) is 6.20 Å². The van der Waals surface area contributed by atoms with E-state index >= 15 is 0 Å². The summed E-state index contributed by atoms with van der Waals surface area (Å²) in [7, 11) is 0. The zero-order chi connectivity index (χ0) is 17.1. The molecule has 3 aromatic rings. The van der Waals surface area contributed by atoms with Gasteiger partial charge in [0, 0.05) is 17.6 Å². The number of nitrogens with one attached hydrogen (secondary N) is 3. The molecule has 0 radical (unpaired) electrons. The number of urea groups is 1. The number of aryl methyl sites for hydroxylation is 2. The minimum absolute atomic E-state index is 0.0202. The average molecular weight is 324 g/mol. The van der Waals surface area contributed by atoms with Crippen LogP contribution in [0.2, 0.25) is 0 Å². The molecule has 0 atom stereocenters. The number of nitrogens with zero attached hydrogens (tertiary/aromatic N) is 1. The average Bonchev–Trinajstić information content (AvgIpc) is 3.01. The van der Waals surface area contributed by atoms with Crippen LogP contribution in [0.3, 0.4) is 0 Å². The Labute approximate surface area is 139 Å². The molecule has 0 aliphatic carbocycles. The molecule has 6 nitrogen and oxygen atoms in total. The SMILES string of the molecule is Cc1cc(CO)cc(C)c1CNC(=O)Nc1ccc2[nH]ncc2c1. The van der Waals surface area contributed by atoms with Crippen molar-refractivity contribution in [3.63, 3.8) is 0 Å².